The zero-order chi connectivity index (χ0) is 42.8. The topological polar surface area (TPSA) is 155 Å². The third-order valence-corrected chi connectivity index (χ3v) is 10.8. The van der Waals surface area contributed by atoms with E-state index in [0.717, 1.165) is 96.3 Å². The van der Waals surface area contributed by atoms with Crippen molar-refractivity contribution >= 4 is 25.7 Å². The summed E-state index contributed by atoms with van der Waals surface area (Å²) in [5, 5.41) is 9.70. The Kier molecular flexibility index (Phi) is 40.2. The summed E-state index contributed by atoms with van der Waals surface area (Å²) in [5.41, 5.74) is 0. The van der Waals surface area contributed by atoms with Gasteiger partial charge in [0.2, 0.25) is 0 Å². The van der Waals surface area contributed by atoms with E-state index < -0.39 is 57.8 Å². The van der Waals surface area contributed by atoms with Crippen LogP contribution in [-0.2, 0) is 42.2 Å². The van der Waals surface area contributed by atoms with E-state index in [2.05, 4.69) is 45.1 Å². The van der Waals surface area contributed by atoms with Crippen molar-refractivity contribution in [2.75, 3.05) is 26.4 Å². The van der Waals surface area contributed by atoms with Gasteiger partial charge in [-0.05, 0) is 57.8 Å². The highest BCUT2D eigenvalue weighted by Gasteiger charge is 2.28. The quantitative estimate of drug-likeness (QED) is 0.0198. The number of rotatable bonds is 43. The van der Waals surface area contributed by atoms with Gasteiger partial charge in [0.25, 0.3) is 0 Å². The molecular weight excluding hydrogens is 759 g/mol. The van der Waals surface area contributed by atoms with Gasteiger partial charge in [0.05, 0.1) is 19.8 Å². The molecular formula is C46H85O11P. The number of ether oxygens (including phenoxy) is 3. The summed E-state index contributed by atoms with van der Waals surface area (Å²) in [6.45, 7) is 4.50. The maximum Gasteiger partial charge on any atom is 0.472 e. The minimum Gasteiger partial charge on any atom is -0.462 e. The predicted molar refractivity (Wildman–Crippen MR) is 233 cm³/mol. The van der Waals surface area contributed by atoms with E-state index in [1.165, 1.54) is 57.8 Å². The van der Waals surface area contributed by atoms with Crippen molar-refractivity contribution < 1.29 is 52.2 Å². The molecule has 12 heteroatoms. The molecule has 0 saturated carbocycles. The number of unbranched alkanes of at least 4 members (excludes halogenated alkanes) is 22. The number of allylic oxidation sites excluding steroid dienone is 4. The summed E-state index contributed by atoms with van der Waals surface area (Å²) in [4.78, 5) is 47.9. The highest BCUT2D eigenvalue weighted by molar-refractivity contribution is 7.47. The Bertz CT molecular complexity index is 1080. The molecule has 0 spiro atoms. The van der Waals surface area contributed by atoms with Crippen LogP contribution in [0.4, 0.5) is 0 Å². The molecule has 0 aromatic heterocycles. The molecule has 0 heterocycles. The van der Waals surface area contributed by atoms with Crippen LogP contribution >= 0.6 is 7.82 Å². The third-order valence-electron chi connectivity index (χ3n) is 9.85. The number of carbonyl (C=O) groups excluding carboxylic acids is 3. The first-order valence-electron chi connectivity index (χ1n) is 23.2. The molecule has 0 aromatic carbocycles. The summed E-state index contributed by atoms with van der Waals surface area (Å²) in [6.07, 6.45) is 36.0. The Labute approximate surface area is 353 Å². The summed E-state index contributed by atoms with van der Waals surface area (Å²) < 4.78 is 39.1. The summed E-state index contributed by atoms with van der Waals surface area (Å²) in [5.74, 6) is -1.48. The van der Waals surface area contributed by atoms with Gasteiger partial charge in [0.15, 0.2) is 6.10 Å². The average Bonchev–Trinajstić information content (AvgIpc) is 3.20. The first-order valence-corrected chi connectivity index (χ1v) is 24.7. The highest BCUT2D eigenvalue weighted by Crippen LogP contribution is 2.43. The van der Waals surface area contributed by atoms with Gasteiger partial charge in [0, 0.05) is 19.3 Å². The fourth-order valence-corrected chi connectivity index (χ4v) is 6.98. The molecule has 11 nitrogen and oxygen atoms in total. The fourth-order valence-electron chi connectivity index (χ4n) is 6.20. The second-order valence-electron chi connectivity index (χ2n) is 15.6. The fraction of sp³-hybridized carbons (Fsp3) is 0.848. The molecule has 0 saturated heterocycles. The Morgan fingerprint density at radius 3 is 1.24 bits per heavy atom. The normalized spacial score (nSPS) is 13.8. The lowest BCUT2D eigenvalue weighted by atomic mass is 10.1. The Hall–Kier alpha value is -2.04. The van der Waals surface area contributed by atoms with E-state index in [4.69, 9.17) is 23.3 Å². The van der Waals surface area contributed by atoms with E-state index in [0.29, 0.717) is 19.3 Å². The Balaban J connectivity index is 4.77. The zero-order valence-corrected chi connectivity index (χ0v) is 37.9. The van der Waals surface area contributed by atoms with Crippen LogP contribution in [0.1, 0.15) is 213 Å². The number of aliphatic hydroxyl groups excluding tert-OH is 1. The first kappa shape index (κ1) is 56.0. The lowest BCUT2D eigenvalue weighted by molar-refractivity contribution is -0.161. The van der Waals surface area contributed by atoms with Crippen molar-refractivity contribution in [3.63, 3.8) is 0 Å². The number of hydrogen-bond donors (Lipinski definition) is 2. The second kappa shape index (κ2) is 41.7. The van der Waals surface area contributed by atoms with Crippen molar-refractivity contribution in [3.8, 4) is 0 Å². The standard InChI is InChI=1S/C46H85O11P/c1-4-7-10-13-16-19-21-24-26-29-32-35-44(48)53-39-43(57-46(50)37-34-31-28-25-22-20-17-14-11-8-5-2)41-55-58(51,52)54-40-42(38-47)56-45(49)36-33-30-27-23-18-15-12-9-6-3/h13-14,16-17,42-43,47H,4-12,15,18-41H2,1-3H3,(H,51,52)/b16-13-,17-14-. The SMILES string of the molecule is CCCC/C=C\CCCCCCCC(=O)OCC(COP(=O)(O)OCC(CO)OC(=O)CCCCCCCCCCC)OC(=O)CCCCCCC/C=C\CCCC. The Morgan fingerprint density at radius 2 is 0.810 bits per heavy atom. The molecule has 2 N–H and O–H groups in total. The van der Waals surface area contributed by atoms with Gasteiger partial charge in [-0.2, -0.15) is 0 Å². The van der Waals surface area contributed by atoms with Crippen LogP contribution in [0.5, 0.6) is 0 Å². The lowest BCUT2D eigenvalue weighted by Gasteiger charge is -2.21. The van der Waals surface area contributed by atoms with Gasteiger partial charge in [-0.3, -0.25) is 23.4 Å². The number of hydrogen-bond acceptors (Lipinski definition) is 10. The molecule has 0 fully saturated rings. The maximum atomic E-state index is 12.7. The summed E-state index contributed by atoms with van der Waals surface area (Å²) in [6, 6.07) is 0. The van der Waals surface area contributed by atoms with Crippen LogP contribution in [0.15, 0.2) is 24.3 Å². The van der Waals surface area contributed by atoms with Crippen molar-refractivity contribution in [2.45, 2.75) is 226 Å². The first-order chi connectivity index (χ1) is 28.2. The van der Waals surface area contributed by atoms with E-state index in [1.807, 2.05) is 0 Å². The van der Waals surface area contributed by atoms with E-state index >= 15 is 0 Å². The van der Waals surface area contributed by atoms with Crippen LogP contribution < -0.4 is 0 Å². The number of phosphoric acid groups is 1. The monoisotopic (exact) mass is 845 g/mol. The second-order valence-corrected chi connectivity index (χ2v) is 17.0. The molecule has 0 rings (SSSR count). The van der Waals surface area contributed by atoms with Crippen molar-refractivity contribution in [1.82, 2.24) is 0 Å². The van der Waals surface area contributed by atoms with Gasteiger partial charge >= 0.3 is 25.7 Å². The number of esters is 3. The smallest absolute Gasteiger partial charge is 0.462 e. The summed E-state index contributed by atoms with van der Waals surface area (Å²) >= 11 is 0. The van der Waals surface area contributed by atoms with Crippen LogP contribution in [0.2, 0.25) is 0 Å². The van der Waals surface area contributed by atoms with Crippen LogP contribution in [-0.4, -0.2) is 66.5 Å². The van der Waals surface area contributed by atoms with E-state index in [9.17, 15) is 28.9 Å². The molecule has 58 heavy (non-hydrogen) atoms. The third kappa shape index (κ3) is 39.4. The average molecular weight is 845 g/mol. The van der Waals surface area contributed by atoms with E-state index in [1.54, 1.807) is 0 Å². The molecule has 0 aliphatic rings. The van der Waals surface area contributed by atoms with Crippen LogP contribution in [0.25, 0.3) is 0 Å². The molecule has 0 radical (unpaired) electrons. The van der Waals surface area contributed by atoms with Crippen molar-refractivity contribution in [2.24, 2.45) is 0 Å². The van der Waals surface area contributed by atoms with Gasteiger partial charge in [0.1, 0.15) is 12.7 Å². The van der Waals surface area contributed by atoms with Gasteiger partial charge in [-0.1, -0.05) is 161 Å². The highest BCUT2D eigenvalue weighted by atomic mass is 31.2. The number of aliphatic hydroxyl groups is 1. The summed E-state index contributed by atoms with van der Waals surface area (Å²) in [7, 11) is -4.72. The molecule has 0 amide bonds. The van der Waals surface area contributed by atoms with Crippen molar-refractivity contribution in [3.05, 3.63) is 24.3 Å². The molecule has 0 bridgehead atoms. The number of phosphoric ester groups is 1. The van der Waals surface area contributed by atoms with Gasteiger partial charge in [-0.25, -0.2) is 4.57 Å². The van der Waals surface area contributed by atoms with Crippen LogP contribution in [0.3, 0.4) is 0 Å². The zero-order valence-electron chi connectivity index (χ0n) is 37.0. The molecule has 0 aliphatic heterocycles. The molecule has 0 aliphatic carbocycles. The largest absolute Gasteiger partial charge is 0.472 e. The molecule has 3 unspecified atom stereocenters. The van der Waals surface area contributed by atoms with Crippen molar-refractivity contribution in [1.29, 1.82) is 0 Å². The Morgan fingerprint density at radius 1 is 0.466 bits per heavy atom. The van der Waals surface area contributed by atoms with Crippen LogP contribution in [0, 0.1) is 0 Å². The minimum absolute atomic E-state index is 0.159. The molecule has 340 valence electrons. The van der Waals surface area contributed by atoms with Gasteiger partial charge in [-0.15, -0.1) is 0 Å². The van der Waals surface area contributed by atoms with Gasteiger partial charge < -0.3 is 24.2 Å². The minimum atomic E-state index is -4.72. The lowest BCUT2D eigenvalue weighted by Crippen LogP contribution is -2.30. The van der Waals surface area contributed by atoms with E-state index in [-0.39, 0.29) is 25.9 Å². The molecule has 3 atom stereocenters. The number of carbonyl (C=O) groups is 3. The predicted octanol–water partition coefficient (Wildman–Crippen LogP) is 12.4. The molecule has 0 aromatic rings. The maximum absolute atomic E-state index is 12.7.